The van der Waals surface area contributed by atoms with Crippen LogP contribution in [0.15, 0.2) is 54.7 Å². The van der Waals surface area contributed by atoms with Crippen molar-refractivity contribution < 1.29 is 19.1 Å². The number of esters is 1. The zero-order valence-electron chi connectivity index (χ0n) is 17.9. The van der Waals surface area contributed by atoms with E-state index in [1.165, 1.54) is 6.20 Å². The first-order valence-corrected chi connectivity index (χ1v) is 10.5. The molecule has 0 saturated heterocycles. The van der Waals surface area contributed by atoms with Crippen LogP contribution < -0.4 is 10.6 Å². The van der Waals surface area contributed by atoms with Crippen molar-refractivity contribution >= 4 is 23.5 Å². The van der Waals surface area contributed by atoms with Crippen molar-refractivity contribution in [1.29, 1.82) is 0 Å². The van der Waals surface area contributed by atoms with E-state index >= 15 is 0 Å². The van der Waals surface area contributed by atoms with Gasteiger partial charge in [0.2, 0.25) is 0 Å². The Morgan fingerprint density at radius 2 is 1.75 bits per heavy atom. The third kappa shape index (κ3) is 4.54. The van der Waals surface area contributed by atoms with Gasteiger partial charge in [0.1, 0.15) is 5.56 Å². The summed E-state index contributed by atoms with van der Waals surface area (Å²) >= 11 is 0. The molecular formula is C24H24N4O4. The number of aromatic nitrogens is 2. The normalized spacial score (nSPS) is 12.8. The van der Waals surface area contributed by atoms with E-state index in [1.54, 1.807) is 67.1 Å². The number of amides is 2. The van der Waals surface area contributed by atoms with Crippen LogP contribution in [-0.4, -0.2) is 40.2 Å². The highest BCUT2D eigenvalue weighted by molar-refractivity contribution is 6.09. The number of nitrogens with zero attached hydrogens (tertiary/aromatic N) is 2. The van der Waals surface area contributed by atoms with Gasteiger partial charge in [-0.25, -0.2) is 9.48 Å². The highest BCUT2D eigenvalue weighted by Crippen LogP contribution is 2.22. The van der Waals surface area contributed by atoms with E-state index in [0.29, 0.717) is 40.4 Å². The molecule has 8 heteroatoms. The SMILES string of the molecule is CCOC(=O)c1cnn(-c2ccc(C(=O)Nc3ccccc3C(=O)NC3CC3)cc2)c1C. The van der Waals surface area contributed by atoms with Gasteiger partial charge in [-0.3, -0.25) is 9.59 Å². The standard InChI is InChI=1S/C24H24N4O4/c1-3-32-24(31)20-14-25-28(15(20)2)18-12-8-16(9-13-18)22(29)27-21-7-5-4-6-19(21)23(30)26-17-10-11-17/h4-9,12-14,17H,3,10-11H2,1-2H3,(H,26,30)(H,27,29). The molecule has 0 unspecified atom stereocenters. The molecule has 0 atom stereocenters. The summed E-state index contributed by atoms with van der Waals surface area (Å²) in [6.45, 7) is 3.82. The van der Waals surface area contributed by atoms with Crippen molar-refractivity contribution in [3.05, 3.63) is 77.1 Å². The molecule has 0 aliphatic heterocycles. The van der Waals surface area contributed by atoms with Gasteiger partial charge in [-0.05, 0) is 63.1 Å². The maximum atomic E-state index is 12.8. The average Bonchev–Trinajstić information content (AvgIpc) is 3.52. The molecule has 1 aliphatic rings. The maximum Gasteiger partial charge on any atom is 0.341 e. The molecule has 1 aromatic heterocycles. The van der Waals surface area contributed by atoms with Crippen LogP contribution in [-0.2, 0) is 4.74 Å². The van der Waals surface area contributed by atoms with Crippen molar-refractivity contribution in [1.82, 2.24) is 15.1 Å². The van der Waals surface area contributed by atoms with Crippen LogP contribution >= 0.6 is 0 Å². The molecule has 4 rings (SSSR count). The van der Waals surface area contributed by atoms with Gasteiger partial charge in [0.05, 0.1) is 35.4 Å². The largest absolute Gasteiger partial charge is 0.462 e. The van der Waals surface area contributed by atoms with Crippen LogP contribution in [0.4, 0.5) is 5.69 Å². The lowest BCUT2D eigenvalue weighted by molar-refractivity contribution is 0.0525. The summed E-state index contributed by atoms with van der Waals surface area (Å²) in [6, 6.07) is 14.0. The molecule has 2 amide bonds. The van der Waals surface area contributed by atoms with E-state index in [9.17, 15) is 14.4 Å². The Morgan fingerprint density at radius 3 is 2.44 bits per heavy atom. The average molecular weight is 432 g/mol. The van der Waals surface area contributed by atoms with E-state index in [2.05, 4.69) is 15.7 Å². The molecule has 32 heavy (non-hydrogen) atoms. The van der Waals surface area contributed by atoms with Crippen molar-refractivity contribution in [2.75, 3.05) is 11.9 Å². The Labute approximate surface area is 185 Å². The third-order valence-electron chi connectivity index (χ3n) is 5.21. The highest BCUT2D eigenvalue weighted by atomic mass is 16.5. The fraction of sp³-hybridized carbons (Fsp3) is 0.250. The van der Waals surface area contributed by atoms with Crippen LogP contribution in [0.1, 0.15) is 56.5 Å². The number of hydrogen-bond donors (Lipinski definition) is 2. The molecule has 0 radical (unpaired) electrons. The van der Waals surface area contributed by atoms with Crippen LogP contribution in [0.25, 0.3) is 5.69 Å². The molecule has 0 bridgehead atoms. The number of para-hydroxylation sites is 1. The summed E-state index contributed by atoms with van der Waals surface area (Å²) in [5.41, 5.74) is 3.08. The third-order valence-corrected chi connectivity index (χ3v) is 5.21. The fourth-order valence-electron chi connectivity index (χ4n) is 3.31. The summed E-state index contributed by atoms with van der Waals surface area (Å²) in [6.07, 6.45) is 3.45. The highest BCUT2D eigenvalue weighted by Gasteiger charge is 2.25. The number of carbonyl (C=O) groups excluding carboxylic acids is 3. The zero-order chi connectivity index (χ0) is 22.7. The van der Waals surface area contributed by atoms with Crippen LogP contribution in [0, 0.1) is 6.92 Å². The van der Waals surface area contributed by atoms with Crippen LogP contribution in [0.5, 0.6) is 0 Å². The number of hydrogen-bond acceptors (Lipinski definition) is 5. The second-order valence-corrected chi connectivity index (χ2v) is 7.57. The van der Waals surface area contributed by atoms with Gasteiger partial charge in [0.15, 0.2) is 0 Å². The minimum Gasteiger partial charge on any atom is -0.462 e. The van der Waals surface area contributed by atoms with E-state index in [-0.39, 0.29) is 17.9 Å². The van der Waals surface area contributed by atoms with Crippen molar-refractivity contribution in [3.63, 3.8) is 0 Å². The van der Waals surface area contributed by atoms with E-state index in [4.69, 9.17) is 4.74 Å². The Morgan fingerprint density at radius 1 is 1.03 bits per heavy atom. The van der Waals surface area contributed by atoms with Gasteiger partial charge in [0, 0.05) is 11.6 Å². The summed E-state index contributed by atoms with van der Waals surface area (Å²) in [5, 5.41) is 10.0. The fourth-order valence-corrected chi connectivity index (χ4v) is 3.31. The maximum absolute atomic E-state index is 12.8. The quantitative estimate of drug-likeness (QED) is 0.557. The van der Waals surface area contributed by atoms with E-state index in [0.717, 1.165) is 12.8 Å². The molecule has 8 nitrogen and oxygen atoms in total. The molecule has 2 aromatic carbocycles. The van der Waals surface area contributed by atoms with Gasteiger partial charge in [-0.15, -0.1) is 0 Å². The topological polar surface area (TPSA) is 102 Å². The lowest BCUT2D eigenvalue weighted by atomic mass is 10.1. The summed E-state index contributed by atoms with van der Waals surface area (Å²) in [5.74, 6) is -0.936. The van der Waals surface area contributed by atoms with Gasteiger partial charge in [0.25, 0.3) is 11.8 Å². The first kappa shape index (κ1) is 21.3. The molecule has 1 fully saturated rings. The molecule has 1 aliphatic carbocycles. The lowest BCUT2D eigenvalue weighted by Crippen LogP contribution is -2.27. The zero-order valence-corrected chi connectivity index (χ0v) is 17.9. The van der Waals surface area contributed by atoms with Gasteiger partial charge in [-0.1, -0.05) is 12.1 Å². The monoisotopic (exact) mass is 432 g/mol. The smallest absolute Gasteiger partial charge is 0.341 e. The molecule has 2 N–H and O–H groups in total. The van der Waals surface area contributed by atoms with Crippen molar-refractivity contribution in [2.45, 2.75) is 32.7 Å². The Kier molecular flexibility index (Phi) is 6.02. The molecule has 164 valence electrons. The van der Waals surface area contributed by atoms with E-state index < -0.39 is 5.97 Å². The van der Waals surface area contributed by atoms with Gasteiger partial charge >= 0.3 is 5.97 Å². The van der Waals surface area contributed by atoms with Crippen LogP contribution in [0.3, 0.4) is 0 Å². The van der Waals surface area contributed by atoms with Gasteiger partial charge < -0.3 is 15.4 Å². The van der Waals surface area contributed by atoms with E-state index in [1.807, 2.05) is 0 Å². The Bertz CT molecular complexity index is 1160. The summed E-state index contributed by atoms with van der Waals surface area (Å²) in [7, 11) is 0. The number of benzene rings is 2. The number of anilines is 1. The Balaban J connectivity index is 1.49. The first-order chi connectivity index (χ1) is 15.5. The van der Waals surface area contributed by atoms with Crippen LogP contribution in [0.2, 0.25) is 0 Å². The second kappa shape index (κ2) is 9.05. The number of ether oxygens (including phenoxy) is 1. The van der Waals surface area contributed by atoms with Gasteiger partial charge in [-0.2, -0.15) is 5.10 Å². The molecular weight excluding hydrogens is 408 g/mol. The summed E-state index contributed by atoms with van der Waals surface area (Å²) in [4.78, 5) is 37.2. The lowest BCUT2D eigenvalue weighted by Gasteiger charge is -2.12. The predicted molar refractivity (Wildman–Crippen MR) is 119 cm³/mol. The number of nitrogens with one attached hydrogen (secondary N) is 2. The Hall–Kier alpha value is -3.94. The minimum absolute atomic E-state index is 0.190. The summed E-state index contributed by atoms with van der Waals surface area (Å²) < 4.78 is 6.66. The van der Waals surface area contributed by atoms with Crippen molar-refractivity contribution in [3.8, 4) is 5.69 Å². The molecule has 1 heterocycles. The molecule has 3 aromatic rings. The number of rotatable bonds is 7. The molecule has 1 saturated carbocycles. The first-order valence-electron chi connectivity index (χ1n) is 10.5. The molecule has 0 spiro atoms. The number of carbonyl (C=O) groups is 3. The predicted octanol–water partition coefficient (Wildman–Crippen LogP) is 3.50. The van der Waals surface area contributed by atoms with Crippen molar-refractivity contribution in [2.24, 2.45) is 0 Å². The minimum atomic E-state index is -0.420. The second-order valence-electron chi connectivity index (χ2n) is 7.57.